The first kappa shape index (κ1) is 11.1. The largest absolute Gasteiger partial charge is 0.394 e. The minimum atomic E-state index is -0.0597. The Bertz CT molecular complexity index is 637. The zero-order valence-corrected chi connectivity index (χ0v) is 10.4. The highest BCUT2D eigenvalue weighted by atomic mass is 16.1. The monoisotopic (exact) mass is 240 g/mol. The third-order valence-electron chi connectivity index (χ3n) is 3.41. The number of anilines is 1. The molecule has 1 aliphatic rings. The molecule has 1 aromatic carbocycles. The van der Waals surface area contributed by atoms with Gasteiger partial charge in [0.1, 0.15) is 0 Å². The van der Waals surface area contributed by atoms with E-state index in [4.69, 9.17) is 5.73 Å². The lowest BCUT2D eigenvalue weighted by Crippen LogP contribution is -2.23. The predicted octanol–water partition coefficient (Wildman–Crippen LogP) is 2.74. The maximum absolute atomic E-state index is 12.1. The third kappa shape index (κ3) is 1.82. The van der Waals surface area contributed by atoms with Gasteiger partial charge in [-0.25, -0.2) is 0 Å². The van der Waals surface area contributed by atoms with E-state index in [2.05, 4.69) is 31.2 Å². The fraction of sp³-hybridized carbons (Fsp3) is 0.267. The molecular formula is C15H16N2O. The summed E-state index contributed by atoms with van der Waals surface area (Å²) in [4.78, 5) is 12.1. The predicted molar refractivity (Wildman–Crippen MR) is 73.6 cm³/mol. The second-order valence-corrected chi connectivity index (χ2v) is 4.95. The molecule has 0 unspecified atom stereocenters. The van der Waals surface area contributed by atoms with Crippen molar-refractivity contribution < 1.29 is 0 Å². The molecule has 0 bridgehead atoms. The van der Waals surface area contributed by atoms with E-state index in [0.29, 0.717) is 11.7 Å². The molecule has 0 atom stereocenters. The molecule has 0 amide bonds. The normalized spacial score (nSPS) is 14.7. The van der Waals surface area contributed by atoms with Crippen molar-refractivity contribution in [3.8, 4) is 11.3 Å². The summed E-state index contributed by atoms with van der Waals surface area (Å²) in [6.45, 7) is 2.06. The van der Waals surface area contributed by atoms with E-state index < -0.39 is 0 Å². The number of aryl methyl sites for hydroxylation is 1. The van der Waals surface area contributed by atoms with E-state index in [0.717, 1.165) is 24.1 Å². The Labute approximate surface area is 106 Å². The number of nitrogens with two attached hydrogens (primary N) is 1. The van der Waals surface area contributed by atoms with Gasteiger partial charge in [0, 0.05) is 6.04 Å². The summed E-state index contributed by atoms with van der Waals surface area (Å²) in [5.74, 6) is 0. The number of aromatic nitrogens is 1. The Hall–Kier alpha value is -2.03. The van der Waals surface area contributed by atoms with E-state index in [1.165, 1.54) is 5.56 Å². The van der Waals surface area contributed by atoms with Crippen molar-refractivity contribution in [2.75, 3.05) is 5.73 Å². The van der Waals surface area contributed by atoms with Crippen LogP contribution in [-0.2, 0) is 0 Å². The lowest BCUT2D eigenvalue weighted by atomic mass is 10.1. The summed E-state index contributed by atoms with van der Waals surface area (Å²) < 4.78 is 1.85. The highest BCUT2D eigenvalue weighted by Crippen LogP contribution is 2.37. The van der Waals surface area contributed by atoms with Gasteiger partial charge in [-0.3, -0.25) is 4.79 Å². The Kier molecular flexibility index (Phi) is 2.47. The molecule has 0 aliphatic heterocycles. The summed E-state index contributed by atoms with van der Waals surface area (Å²) in [6, 6.07) is 12.2. The zero-order valence-electron chi connectivity index (χ0n) is 10.4. The number of hydrogen-bond acceptors (Lipinski definition) is 2. The summed E-state index contributed by atoms with van der Waals surface area (Å²) in [5, 5.41) is 0. The first-order valence-electron chi connectivity index (χ1n) is 6.25. The van der Waals surface area contributed by atoms with Crippen molar-refractivity contribution in [1.29, 1.82) is 0 Å². The quantitative estimate of drug-likeness (QED) is 0.877. The maximum atomic E-state index is 12.1. The van der Waals surface area contributed by atoms with E-state index in [-0.39, 0.29) is 5.56 Å². The van der Waals surface area contributed by atoms with Crippen molar-refractivity contribution >= 4 is 5.69 Å². The minimum absolute atomic E-state index is 0.0597. The summed E-state index contributed by atoms with van der Waals surface area (Å²) in [5.41, 5.74) is 9.26. The topological polar surface area (TPSA) is 48.0 Å². The van der Waals surface area contributed by atoms with Gasteiger partial charge >= 0.3 is 0 Å². The number of hydrogen-bond donors (Lipinski definition) is 1. The molecule has 92 valence electrons. The number of nitrogens with zero attached hydrogens (tertiary/aromatic N) is 1. The molecule has 0 saturated heterocycles. The van der Waals surface area contributed by atoms with Crippen LogP contribution in [0.15, 0.2) is 41.2 Å². The van der Waals surface area contributed by atoms with Crippen molar-refractivity contribution in [3.05, 3.63) is 52.3 Å². The van der Waals surface area contributed by atoms with Gasteiger partial charge in [-0.05, 0) is 37.5 Å². The maximum Gasteiger partial charge on any atom is 0.274 e. The molecule has 1 aromatic heterocycles. The molecule has 2 aromatic rings. The van der Waals surface area contributed by atoms with Crippen LogP contribution in [0.2, 0.25) is 0 Å². The van der Waals surface area contributed by atoms with Crippen LogP contribution in [0, 0.1) is 6.92 Å². The molecule has 1 aliphatic carbocycles. The molecule has 18 heavy (non-hydrogen) atoms. The highest BCUT2D eigenvalue weighted by molar-refractivity contribution is 5.62. The van der Waals surface area contributed by atoms with Crippen molar-refractivity contribution in [2.45, 2.75) is 25.8 Å². The van der Waals surface area contributed by atoms with E-state index in [1.54, 1.807) is 6.07 Å². The lowest BCUT2D eigenvalue weighted by Gasteiger charge is -2.13. The van der Waals surface area contributed by atoms with Crippen molar-refractivity contribution in [3.63, 3.8) is 0 Å². The smallest absolute Gasteiger partial charge is 0.274 e. The van der Waals surface area contributed by atoms with E-state index in [1.807, 2.05) is 10.6 Å². The molecule has 3 nitrogen and oxygen atoms in total. The average molecular weight is 240 g/mol. The van der Waals surface area contributed by atoms with E-state index in [9.17, 15) is 4.79 Å². The Balaban J connectivity index is 2.20. The first-order chi connectivity index (χ1) is 8.66. The molecule has 1 heterocycles. The van der Waals surface area contributed by atoms with Crippen LogP contribution in [-0.4, -0.2) is 4.57 Å². The number of nitrogen functional groups attached to an aromatic ring is 1. The molecular weight excluding hydrogens is 224 g/mol. The van der Waals surface area contributed by atoms with Crippen molar-refractivity contribution in [1.82, 2.24) is 4.57 Å². The van der Waals surface area contributed by atoms with Gasteiger partial charge in [-0.2, -0.15) is 0 Å². The molecule has 0 spiro atoms. The molecule has 3 rings (SSSR count). The van der Waals surface area contributed by atoms with Crippen LogP contribution in [0.3, 0.4) is 0 Å². The van der Waals surface area contributed by atoms with Crippen LogP contribution in [0.5, 0.6) is 0 Å². The van der Waals surface area contributed by atoms with Gasteiger partial charge < -0.3 is 10.3 Å². The summed E-state index contributed by atoms with van der Waals surface area (Å²) in [7, 11) is 0. The van der Waals surface area contributed by atoms with Gasteiger partial charge in [-0.15, -0.1) is 0 Å². The van der Waals surface area contributed by atoms with Gasteiger partial charge in [0.25, 0.3) is 5.56 Å². The molecule has 1 saturated carbocycles. The van der Waals surface area contributed by atoms with Gasteiger partial charge in [0.15, 0.2) is 0 Å². The third-order valence-corrected chi connectivity index (χ3v) is 3.41. The lowest BCUT2D eigenvalue weighted by molar-refractivity contribution is 0.718. The second kappa shape index (κ2) is 4.02. The minimum Gasteiger partial charge on any atom is -0.394 e. The Morgan fingerprint density at radius 3 is 2.39 bits per heavy atom. The van der Waals surface area contributed by atoms with Crippen molar-refractivity contribution in [2.24, 2.45) is 0 Å². The molecule has 3 heteroatoms. The Morgan fingerprint density at radius 1 is 1.11 bits per heavy atom. The van der Waals surface area contributed by atoms with Crippen LogP contribution >= 0.6 is 0 Å². The number of rotatable bonds is 2. The Morgan fingerprint density at radius 2 is 1.78 bits per heavy atom. The van der Waals surface area contributed by atoms with Gasteiger partial charge in [0.2, 0.25) is 0 Å². The number of pyridine rings is 1. The molecule has 2 N–H and O–H groups in total. The summed E-state index contributed by atoms with van der Waals surface area (Å²) in [6.07, 6.45) is 2.14. The molecule has 1 fully saturated rings. The van der Waals surface area contributed by atoms with Crippen LogP contribution in [0.1, 0.15) is 24.4 Å². The SMILES string of the molecule is Cc1ccc(-c2ccc(N)c(=O)n2C2CC2)cc1. The summed E-state index contributed by atoms with van der Waals surface area (Å²) >= 11 is 0. The van der Waals surface area contributed by atoms with Crippen LogP contribution < -0.4 is 11.3 Å². The second-order valence-electron chi connectivity index (χ2n) is 4.95. The number of benzene rings is 1. The fourth-order valence-electron chi connectivity index (χ4n) is 2.22. The average Bonchev–Trinajstić information content (AvgIpc) is 3.18. The molecule has 0 radical (unpaired) electrons. The van der Waals surface area contributed by atoms with Gasteiger partial charge in [0.05, 0.1) is 11.4 Å². The zero-order chi connectivity index (χ0) is 12.7. The van der Waals surface area contributed by atoms with E-state index >= 15 is 0 Å². The highest BCUT2D eigenvalue weighted by Gasteiger charge is 2.27. The fourth-order valence-corrected chi connectivity index (χ4v) is 2.22. The first-order valence-corrected chi connectivity index (χ1v) is 6.25. The van der Waals surface area contributed by atoms with Crippen LogP contribution in [0.4, 0.5) is 5.69 Å². The van der Waals surface area contributed by atoms with Crippen LogP contribution in [0.25, 0.3) is 11.3 Å². The standard InChI is InChI=1S/C15H16N2O/c1-10-2-4-11(5-3-10)14-9-8-13(16)15(18)17(14)12-6-7-12/h2-5,8-9,12H,6-7,16H2,1H3. The van der Waals surface area contributed by atoms with Gasteiger partial charge in [-0.1, -0.05) is 29.8 Å².